The van der Waals surface area contributed by atoms with Gasteiger partial charge in [0, 0.05) is 14.2 Å². The molecule has 18 heavy (non-hydrogen) atoms. The van der Waals surface area contributed by atoms with Gasteiger partial charge in [-0.15, -0.1) is 11.3 Å². The van der Waals surface area contributed by atoms with Gasteiger partial charge >= 0.3 is 0 Å². The Morgan fingerprint density at radius 1 is 1.22 bits per heavy atom. The second-order valence-corrected chi connectivity index (χ2v) is 7.94. The first-order chi connectivity index (χ1) is 8.72. The van der Waals surface area contributed by atoms with Crippen LogP contribution in [0.1, 0.15) is 32.1 Å². The Labute approximate surface area is 129 Å². The van der Waals surface area contributed by atoms with Gasteiger partial charge in [-0.2, -0.15) is 0 Å². The minimum absolute atomic E-state index is 0.447. The van der Waals surface area contributed by atoms with Crippen LogP contribution in [0.4, 0.5) is 0 Å². The van der Waals surface area contributed by atoms with Crippen molar-refractivity contribution in [3.63, 3.8) is 0 Å². The molecule has 0 N–H and O–H groups in total. The smallest absolute Gasteiger partial charge is 0.0529 e. The molecule has 1 aromatic heterocycles. The molecule has 1 aliphatic carbocycles. The highest BCUT2D eigenvalue weighted by molar-refractivity contribution is 9.10. The predicted octanol–water partition coefficient (Wildman–Crippen LogP) is 5.68. The van der Waals surface area contributed by atoms with Crippen LogP contribution in [0, 0.1) is 0 Å². The normalized spacial score (nSPS) is 15.7. The van der Waals surface area contributed by atoms with E-state index in [1.807, 2.05) is 11.3 Å². The van der Waals surface area contributed by atoms with Crippen molar-refractivity contribution in [1.29, 1.82) is 0 Å². The minimum Gasteiger partial charge on any atom is -0.144 e. The van der Waals surface area contributed by atoms with E-state index in [4.69, 9.17) is 0 Å². The fraction of sp³-hybridized carbons (Fsp3) is 0.333. The lowest BCUT2D eigenvalue weighted by atomic mass is 10.1. The number of hydrogen-bond donors (Lipinski definition) is 0. The summed E-state index contributed by atoms with van der Waals surface area (Å²) >= 11 is 9.37. The molecule has 0 nitrogen and oxygen atoms in total. The van der Waals surface area contributed by atoms with E-state index in [0.29, 0.717) is 4.83 Å². The Bertz CT molecular complexity index is 538. The highest BCUT2D eigenvalue weighted by atomic mass is 79.9. The Kier molecular flexibility index (Phi) is 3.92. The molecule has 3 heteroatoms. The summed E-state index contributed by atoms with van der Waals surface area (Å²) in [5.41, 5.74) is 2.97. The molecule has 0 saturated carbocycles. The van der Waals surface area contributed by atoms with Crippen LogP contribution in [0.2, 0.25) is 0 Å². The van der Waals surface area contributed by atoms with E-state index in [9.17, 15) is 0 Å². The average molecular weight is 386 g/mol. The van der Waals surface area contributed by atoms with Crippen molar-refractivity contribution < 1.29 is 0 Å². The molecule has 0 fully saturated rings. The summed E-state index contributed by atoms with van der Waals surface area (Å²) < 4.78 is 1.16. The zero-order valence-corrected chi connectivity index (χ0v) is 13.9. The van der Waals surface area contributed by atoms with E-state index in [2.05, 4.69) is 62.2 Å². The molecule has 1 aliphatic rings. The third kappa shape index (κ3) is 2.73. The molecular formula is C15H14Br2S. The van der Waals surface area contributed by atoms with Crippen LogP contribution in [-0.2, 0) is 19.3 Å². The molecule has 1 atom stereocenters. The van der Waals surface area contributed by atoms with Gasteiger partial charge in [0.2, 0.25) is 0 Å². The first kappa shape index (κ1) is 12.9. The SMILES string of the molecule is Brc1cccc(CC(Br)c2cc3c(s2)CCC3)c1. The number of thiophene rings is 1. The fourth-order valence-corrected chi connectivity index (χ4v) is 4.95. The molecule has 0 amide bonds. The first-order valence-electron chi connectivity index (χ1n) is 6.22. The number of fused-ring (bicyclic) bond motifs is 1. The van der Waals surface area contributed by atoms with E-state index >= 15 is 0 Å². The topological polar surface area (TPSA) is 0 Å². The zero-order valence-electron chi connectivity index (χ0n) is 9.96. The molecule has 3 rings (SSSR count). The molecular weight excluding hydrogens is 372 g/mol. The van der Waals surface area contributed by atoms with Gasteiger partial charge in [-0.25, -0.2) is 0 Å². The summed E-state index contributed by atoms with van der Waals surface area (Å²) in [4.78, 5) is 3.55. The van der Waals surface area contributed by atoms with E-state index in [0.717, 1.165) is 10.9 Å². The van der Waals surface area contributed by atoms with Gasteiger partial charge in [0.1, 0.15) is 0 Å². The molecule has 0 spiro atoms. The van der Waals surface area contributed by atoms with Gasteiger partial charge < -0.3 is 0 Å². The second kappa shape index (κ2) is 5.48. The zero-order chi connectivity index (χ0) is 12.5. The van der Waals surface area contributed by atoms with Crippen molar-refractivity contribution in [3.8, 4) is 0 Å². The summed E-state index contributed by atoms with van der Waals surface area (Å²) in [5, 5.41) is 0. The maximum absolute atomic E-state index is 3.84. The lowest BCUT2D eigenvalue weighted by molar-refractivity contribution is 0.909. The molecule has 1 heterocycles. The Hall–Kier alpha value is -0.120. The number of benzene rings is 1. The average Bonchev–Trinajstić information content (AvgIpc) is 2.88. The van der Waals surface area contributed by atoms with Crippen LogP contribution in [-0.4, -0.2) is 0 Å². The molecule has 0 radical (unpaired) electrons. The summed E-state index contributed by atoms with van der Waals surface area (Å²) in [7, 11) is 0. The van der Waals surface area contributed by atoms with Crippen molar-refractivity contribution in [2.45, 2.75) is 30.5 Å². The largest absolute Gasteiger partial charge is 0.144 e. The van der Waals surface area contributed by atoms with Gasteiger partial charge in [0.25, 0.3) is 0 Å². The third-order valence-corrected chi connectivity index (χ3v) is 6.34. The van der Waals surface area contributed by atoms with Crippen LogP contribution in [0.25, 0.3) is 0 Å². The Morgan fingerprint density at radius 3 is 2.89 bits per heavy atom. The first-order valence-corrected chi connectivity index (χ1v) is 8.75. The van der Waals surface area contributed by atoms with Crippen LogP contribution >= 0.6 is 43.2 Å². The number of hydrogen-bond acceptors (Lipinski definition) is 1. The summed E-state index contributed by atoms with van der Waals surface area (Å²) in [5.74, 6) is 0. The lowest BCUT2D eigenvalue weighted by Crippen LogP contribution is -1.93. The molecule has 2 aromatic rings. The van der Waals surface area contributed by atoms with E-state index in [-0.39, 0.29) is 0 Å². The van der Waals surface area contributed by atoms with Crippen molar-refractivity contribution in [1.82, 2.24) is 0 Å². The second-order valence-electron chi connectivity index (χ2n) is 4.75. The quantitative estimate of drug-likeness (QED) is 0.596. The number of rotatable bonds is 3. The Balaban J connectivity index is 1.76. The number of halogens is 2. The lowest BCUT2D eigenvalue weighted by Gasteiger charge is -2.08. The van der Waals surface area contributed by atoms with Crippen LogP contribution in [0.3, 0.4) is 0 Å². The molecule has 0 aliphatic heterocycles. The standard InChI is InChI=1S/C15H14Br2S/c16-12-5-1-3-10(7-12)8-13(17)15-9-11-4-2-6-14(11)18-15/h1,3,5,7,9,13H,2,4,6,8H2. The van der Waals surface area contributed by atoms with Crippen LogP contribution in [0.15, 0.2) is 34.8 Å². The van der Waals surface area contributed by atoms with Gasteiger partial charge in [-0.05, 0) is 55.0 Å². The minimum atomic E-state index is 0.447. The summed E-state index contributed by atoms with van der Waals surface area (Å²) in [6, 6.07) is 11.0. The molecule has 1 unspecified atom stereocenters. The Morgan fingerprint density at radius 2 is 2.11 bits per heavy atom. The van der Waals surface area contributed by atoms with E-state index < -0.39 is 0 Å². The van der Waals surface area contributed by atoms with Crippen LogP contribution in [0.5, 0.6) is 0 Å². The third-order valence-electron chi connectivity index (χ3n) is 3.38. The highest BCUT2D eigenvalue weighted by Gasteiger charge is 2.18. The molecule has 0 saturated heterocycles. The predicted molar refractivity (Wildman–Crippen MR) is 85.9 cm³/mol. The van der Waals surface area contributed by atoms with E-state index in [1.54, 1.807) is 10.4 Å². The maximum atomic E-state index is 3.84. The van der Waals surface area contributed by atoms with Crippen molar-refractivity contribution in [2.75, 3.05) is 0 Å². The summed E-state index contributed by atoms with van der Waals surface area (Å²) in [6.07, 6.45) is 4.97. The monoisotopic (exact) mass is 384 g/mol. The van der Waals surface area contributed by atoms with Crippen molar-refractivity contribution in [3.05, 3.63) is 55.7 Å². The maximum Gasteiger partial charge on any atom is 0.0529 e. The molecule has 1 aromatic carbocycles. The van der Waals surface area contributed by atoms with Crippen molar-refractivity contribution in [2.24, 2.45) is 0 Å². The molecule has 94 valence electrons. The summed E-state index contributed by atoms with van der Waals surface area (Å²) in [6.45, 7) is 0. The van der Waals surface area contributed by atoms with Gasteiger partial charge in [0.15, 0.2) is 0 Å². The fourth-order valence-electron chi connectivity index (χ4n) is 2.48. The van der Waals surface area contributed by atoms with Gasteiger partial charge in [0.05, 0.1) is 4.83 Å². The number of alkyl halides is 1. The van der Waals surface area contributed by atoms with Gasteiger partial charge in [-0.1, -0.05) is 44.0 Å². The van der Waals surface area contributed by atoms with Crippen LogP contribution < -0.4 is 0 Å². The highest BCUT2D eigenvalue weighted by Crippen LogP contribution is 2.38. The number of aryl methyl sites for hydroxylation is 2. The van der Waals surface area contributed by atoms with Gasteiger partial charge in [-0.3, -0.25) is 0 Å². The van der Waals surface area contributed by atoms with E-state index in [1.165, 1.54) is 29.7 Å². The van der Waals surface area contributed by atoms with Crippen molar-refractivity contribution >= 4 is 43.2 Å². The molecule has 0 bridgehead atoms.